The lowest BCUT2D eigenvalue weighted by Crippen LogP contribution is -2.34. The number of nitro groups is 1. The zero-order chi connectivity index (χ0) is 21.3. The van der Waals surface area contributed by atoms with Gasteiger partial charge in [0.2, 0.25) is 0 Å². The van der Waals surface area contributed by atoms with Crippen LogP contribution >= 0.6 is 12.2 Å². The first-order valence-corrected chi connectivity index (χ1v) is 10.5. The minimum Gasteiger partial charge on any atom is -0.494 e. The number of anilines is 1. The number of nitro benzene ring substituents is 1. The van der Waals surface area contributed by atoms with Gasteiger partial charge in [0.15, 0.2) is 5.11 Å². The van der Waals surface area contributed by atoms with Gasteiger partial charge in [-0.25, -0.2) is 0 Å². The molecule has 2 aromatic rings. The maximum atomic E-state index is 12.2. The van der Waals surface area contributed by atoms with Gasteiger partial charge in [0.25, 0.3) is 11.6 Å². The van der Waals surface area contributed by atoms with Crippen LogP contribution in [0.4, 0.5) is 11.4 Å². The number of carbonyl (C=O) groups is 1. The zero-order valence-electron chi connectivity index (χ0n) is 16.6. The van der Waals surface area contributed by atoms with E-state index in [0.29, 0.717) is 5.69 Å². The number of rotatable bonds is 7. The Kier molecular flexibility index (Phi) is 7.73. The largest absolute Gasteiger partial charge is 0.494 e. The van der Waals surface area contributed by atoms with Gasteiger partial charge >= 0.3 is 0 Å². The van der Waals surface area contributed by atoms with Gasteiger partial charge in [-0.05, 0) is 54.9 Å². The molecule has 0 unspecified atom stereocenters. The van der Waals surface area contributed by atoms with Crippen LogP contribution in [0.2, 0.25) is 0 Å². The van der Waals surface area contributed by atoms with Crippen LogP contribution < -0.4 is 15.4 Å². The van der Waals surface area contributed by atoms with Gasteiger partial charge in [0.05, 0.1) is 11.5 Å². The van der Waals surface area contributed by atoms with Gasteiger partial charge in [-0.3, -0.25) is 20.2 Å². The second kappa shape index (κ2) is 10.7. The molecule has 0 atom stereocenters. The van der Waals surface area contributed by atoms with Crippen LogP contribution in [0.1, 0.15) is 48.9 Å². The summed E-state index contributed by atoms with van der Waals surface area (Å²) in [4.78, 5) is 22.5. The van der Waals surface area contributed by atoms with E-state index in [9.17, 15) is 14.9 Å². The number of non-ortho nitro benzene ring substituents is 1. The molecule has 30 heavy (non-hydrogen) atoms. The molecule has 0 aliphatic heterocycles. The highest BCUT2D eigenvalue weighted by atomic mass is 32.1. The molecule has 1 aliphatic carbocycles. The molecule has 7 nitrogen and oxygen atoms in total. The quantitative estimate of drug-likeness (QED) is 0.364. The smallest absolute Gasteiger partial charge is 0.270 e. The molecule has 0 heterocycles. The Balaban J connectivity index is 1.45. The van der Waals surface area contributed by atoms with Crippen molar-refractivity contribution in [3.05, 3.63) is 64.2 Å². The lowest BCUT2D eigenvalue weighted by Gasteiger charge is -2.21. The summed E-state index contributed by atoms with van der Waals surface area (Å²) in [7, 11) is 0. The summed E-state index contributed by atoms with van der Waals surface area (Å²) in [5, 5.41) is 16.4. The summed E-state index contributed by atoms with van der Waals surface area (Å²) in [6, 6.07) is 12.8. The number of hydrogen-bond donors (Lipinski definition) is 2. The first-order chi connectivity index (χ1) is 14.5. The summed E-state index contributed by atoms with van der Waals surface area (Å²) in [6.07, 6.45) is 7.75. The topological polar surface area (TPSA) is 93.5 Å². The van der Waals surface area contributed by atoms with E-state index in [-0.39, 0.29) is 16.4 Å². The minimum atomic E-state index is -0.549. The molecule has 8 heteroatoms. The van der Waals surface area contributed by atoms with Gasteiger partial charge in [0, 0.05) is 23.4 Å². The second-order valence-corrected chi connectivity index (χ2v) is 7.79. The van der Waals surface area contributed by atoms with Gasteiger partial charge in [-0.1, -0.05) is 38.2 Å². The van der Waals surface area contributed by atoms with Crippen LogP contribution in [0.25, 0.3) is 0 Å². The number of ether oxygens (including phenoxy) is 1. The molecular formula is C22H25N3O4S. The van der Waals surface area contributed by atoms with Crippen molar-refractivity contribution >= 4 is 34.6 Å². The fraction of sp³-hybridized carbons (Fsp3) is 0.364. The van der Waals surface area contributed by atoms with Crippen LogP contribution in [0.3, 0.4) is 0 Å². The van der Waals surface area contributed by atoms with Gasteiger partial charge in [0.1, 0.15) is 5.75 Å². The summed E-state index contributed by atoms with van der Waals surface area (Å²) >= 11 is 5.16. The van der Waals surface area contributed by atoms with E-state index in [1.54, 1.807) is 0 Å². The van der Waals surface area contributed by atoms with Crippen LogP contribution in [0.15, 0.2) is 48.5 Å². The average molecular weight is 428 g/mol. The van der Waals surface area contributed by atoms with Crippen LogP contribution in [0.5, 0.6) is 5.75 Å². The third-order valence-corrected chi connectivity index (χ3v) is 5.38. The Morgan fingerprint density at radius 1 is 1.13 bits per heavy atom. The van der Waals surface area contributed by atoms with Gasteiger partial charge < -0.3 is 10.1 Å². The lowest BCUT2D eigenvalue weighted by atomic mass is 9.87. The SMILES string of the molecule is O=C(NC(=S)Nc1ccc(OCCC2CCCCC2)cc1)c1cccc([N+](=O)[O-])c1. The van der Waals surface area contributed by atoms with Crippen molar-refractivity contribution in [2.45, 2.75) is 38.5 Å². The van der Waals surface area contributed by atoms with E-state index in [2.05, 4.69) is 10.6 Å². The number of hydrogen-bond acceptors (Lipinski definition) is 5. The maximum absolute atomic E-state index is 12.2. The van der Waals surface area contributed by atoms with Crippen molar-refractivity contribution in [1.82, 2.24) is 5.32 Å². The standard InChI is InChI=1S/C22H25N3O4S/c26-21(17-7-4-8-19(15-17)25(27)28)24-22(30)23-18-9-11-20(12-10-18)29-14-13-16-5-2-1-3-6-16/h4,7-12,15-16H,1-3,5-6,13-14H2,(H2,23,24,26,30). The molecule has 2 aromatic carbocycles. The lowest BCUT2D eigenvalue weighted by molar-refractivity contribution is -0.384. The average Bonchev–Trinajstić information content (AvgIpc) is 2.75. The van der Waals surface area contributed by atoms with E-state index < -0.39 is 10.8 Å². The molecule has 0 radical (unpaired) electrons. The van der Waals surface area contributed by atoms with Crippen molar-refractivity contribution in [2.75, 3.05) is 11.9 Å². The van der Waals surface area contributed by atoms with Crippen molar-refractivity contribution in [3.8, 4) is 5.75 Å². The third kappa shape index (κ3) is 6.52. The molecule has 1 amide bonds. The molecule has 0 bridgehead atoms. The fourth-order valence-electron chi connectivity index (χ4n) is 3.55. The summed E-state index contributed by atoms with van der Waals surface area (Å²) in [5.41, 5.74) is 0.717. The Hall–Kier alpha value is -3.00. The Morgan fingerprint density at radius 3 is 2.57 bits per heavy atom. The highest BCUT2D eigenvalue weighted by Crippen LogP contribution is 2.26. The maximum Gasteiger partial charge on any atom is 0.270 e. The molecule has 1 saturated carbocycles. The normalized spacial score (nSPS) is 14.0. The Morgan fingerprint density at radius 2 is 1.87 bits per heavy atom. The second-order valence-electron chi connectivity index (χ2n) is 7.38. The minimum absolute atomic E-state index is 0.109. The fourth-order valence-corrected chi connectivity index (χ4v) is 3.76. The number of nitrogens with zero attached hydrogens (tertiary/aromatic N) is 1. The highest BCUT2D eigenvalue weighted by molar-refractivity contribution is 7.80. The summed E-state index contributed by atoms with van der Waals surface area (Å²) < 4.78 is 5.84. The van der Waals surface area contributed by atoms with E-state index >= 15 is 0 Å². The number of amides is 1. The Bertz CT molecular complexity index is 896. The van der Waals surface area contributed by atoms with Crippen molar-refractivity contribution in [3.63, 3.8) is 0 Å². The van der Waals surface area contributed by atoms with E-state index in [1.165, 1.54) is 56.4 Å². The molecule has 3 rings (SSSR count). The molecule has 1 fully saturated rings. The number of benzene rings is 2. The molecule has 158 valence electrons. The van der Waals surface area contributed by atoms with E-state index in [4.69, 9.17) is 17.0 Å². The van der Waals surface area contributed by atoms with Crippen LogP contribution in [0, 0.1) is 16.0 Å². The predicted molar refractivity (Wildman–Crippen MR) is 120 cm³/mol. The Labute approximate surface area is 181 Å². The number of thiocarbonyl (C=S) groups is 1. The van der Waals surface area contributed by atoms with Crippen molar-refractivity contribution in [2.24, 2.45) is 5.92 Å². The molecule has 0 spiro atoms. The monoisotopic (exact) mass is 427 g/mol. The summed E-state index contributed by atoms with van der Waals surface area (Å²) in [6.45, 7) is 0.717. The van der Waals surface area contributed by atoms with E-state index in [0.717, 1.165) is 24.7 Å². The molecular weight excluding hydrogens is 402 g/mol. The van der Waals surface area contributed by atoms with Crippen LogP contribution in [-0.4, -0.2) is 22.5 Å². The van der Waals surface area contributed by atoms with E-state index in [1.807, 2.05) is 24.3 Å². The molecule has 1 aliphatic rings. The first-order valence-electron chi connectivity index (χ1n) is 10.1. The van der Waals surface area contributed by atoms with Crippen molar-refractivity contribution < 1.29 is 14.5 Å². The van der Waals surface area contributed by atoms with Gasteiger partial charge in [-0.2, -0.15) is 0 Å². The molecule has 2 N–H and O–H groups in total. The van der Waals surface area contributed by atoms with Crippen LogP contribution in [-0.2, 0) is 0 Å². The molecule has 0 aromatic heterocycles. The van der Waals surface area contributed by atoms with Gasteiger partial charge in [-0.15, -0.1) is 0 Å². The number of carbonyl (C=O) groups excluding carboxylic acids is 1. The summed E-state index contributed by atoms with van der Waals surface area (Å²) in [5.74, 6) is 1.06. The third-order valence-electron chi connectivity index (χ3n) is 5.18. The highest BCUT2D eigenvalue weighted by Gasteiger charge is 2.14. The zero-order valence-corrected chi connectivity index (χ0v) is 17.5. The number of nitrogens with one attached hydrogen (secondary N) is 2. The first kappa shape index (κ1) is 21.7. The van der Waals surface area contributed by atoms with Crippen molar-refractivity contribution in [1.29, 1.82) is 0 Å². The predicted octanol–water partition coefficient (Wildman–Crippen LogP) is 5.07. The molecule has 0 saturated heterocycles.